The van der Waals surface area contributed by atoms with Crippen LogP contribution in [0.1, 0.15) is 25.8 Å². The number of carbonyl (C=O) groups is 1. The van der Waals surface area contributed by atoms with Gasteiger partial charge in [0.1, 0.15) is 6.04 Å². The Kier molecular flexibility index (Phi) is 4.10. The Hall–Kier alpha value is -1.55. The average Bonchev–Trinajstić information content (AvgIpc) is 2.37. The second-order valence-corrected chi connectivity index (χ2v) is 5.70. The lowest BCUT2D eigenvalue weighted by molar-refractivity contribution is -0.124. The number of fused-ring (bicyclic) bond motifs is 1. The van der Waals surface area contributed by atoms with Gasteiger partial charge in [0, 0.05) is 12.8 Å². The molecule has 19 heavy (non-hydrogen) atoms. The van der Waals surface area contributed by atoms with Crippen LogP contribution in [0.2, 0.25) is 0 Å². The van der Waals surface area contributed by atoms with Crippen LogP contribution in [0.25, 0.3) is 0 Å². The van der Waals surface area contributed by atoms with E-state index < -0.39 is 0 Å². The Morgan fingerprint density at radius 3 is 2.95 bits per heavy atom. The number of hydrogen-bond acceptors (Lipinski definition) is 3. The highest BCUT2D eigenvalue weighted by Crippen LogP contribution is 2.24. The molecule has 0 fully saturated rings. The summed E-state index contributed by atoms with van der Waals surface area (Å²) in [5.41, 5.74) is 2.01. The number of amides is 1. The molecule has 0 saturated heterocycles. The van der Waals surface area contributed by atoms with Gasteiger partial charge in [0.2, 0.25) is 5.91 Å². The van der Waals surface area contributed by atoms with Crippen molar-refractivity contribution in [3.8, 4) is 0 Å². The molecule has 104 valence electrons. The van der Waals surface area contributed by atoms with Gasteiger partial charge in [0.05, 0.1) is 12.1 Å². The largest absolute Gasteiger partial charge is 0.382 e. The van der Waals surface area contributed by atoms with E-state index in [1.807, 2.05) is 32.0 Å². The van der Waals surface area contributed by atoms with Gasteiger partial charge < -0.3 is 15.4 Å². The van der Waals surface area contributed by atoms with Gasteiger partial charge in [-0.1, -0.05) is 18.2 Å². The maximum absolute atomic E-state index is 12.3. The van der Waals surface area contributed by atoms with Crippen LogP contribution in [0.5, 0.6) is 0 Å². The highest BCUT2D eigenvalue weighted by Gasteiger charge is 2.28. The third-order valence-corrected chi connectivity index (χ3v) is 3.33. The fourth-order valence-electron chi connectivity index (χ4n) is 2.45. The first kappa shape index (κ1) is 13.9. The number of nitrogens with one attached hydrogen (secondary N) is 2. The van der Waals surface area contributed by atoms with E-state index in [4.69, 9.17) is 4.74 Å². The van der Waals surface area contributed by atoms with Gasteiger partial charge >= 0.3 is 0 Å². The summed E-state index contributed by atoms with van der Waals surface area (Å²) in [5, 5.41) is 6.34. The van der Waals surface area contributed by atoms with E-state index >= 15 is 0 Å². The Balaban J connectivity index is 1.99. The summed E-state index contributed by atoms with van der Waals surface area (Å²) in [6, 6.07) is 7.98. The fourth-order valence-corrected chi connectivity index (χ4v) is 2.45. The second kappa shape index (κ2) is 5.61. The van der Waals surface area contributed by atoms with Crippen molar-refractivity contribution in [2.75, 3.05) is 19.0 Å². The number of hydrogen-bond donors (Lipinski definition) is 2. The van der Waals surface area contributed by atoms with Gasteiger partial charge in [0.15, 0.2) is 0 Å². The number of methoxy groups -OCH3 is 1. The first-order valence-corrected chi connectivity index (χ1v) is 6.67. The minimum Gasteiger partial charge on any atom is -0.382 e. The van der Waals surface area contributed by atoms with Gasteiger partial charge in [-0.2, -0.15) is 0 Å². The Labute approximate surface area is 114 Å². The van der Waals surface area contributed by atoms with Crippen LogP contribution in [0.3, 0.4) is 0 Å². The van der Waals surface area contributed by atoms with Crippen molar-refractivity contribution in [3.05, 3.63) is 29.8 Å². The van der Waals surface area contributed by atoms with Crippen LogP contribution in [0.15, 0.2) is 24.3 Å². The van der Waals surface area contributed by atoms with Crippen LogP contribution < -0.4 is 10.6 Å². The molecule has 2 rings (SSSR count). The zero-order chi connectivity index (χ0) is 13.9. The summed E-state index contributed by atoms with van der Waals surface area (Å²) in [5.74, 6) is 0.0385. The van der Waals surface area contributed by atoms with E-state index in [0.29, 0.717) is 6.61 Å². The van der Waals surface area contributed by atoms with E-state index in [2.05, 4.69) is 16.7 Å². The maximum atomic E-state index is 12.3. The molecule has 0 bridgehead atoms. The SMILES string of the molecule is COCC(C)(C)NC(=O)C1CCc2ccccc2N1. The lowest BCUT2D eigenvalue weighted by atomic mass is 9.96. The molecule has 1 amide bonds. The molecular weight excluding hydrogens is 240 g/mol. The zero-order valence-corrected chi connectivity index (χ0v) is 11.8. The van der Waals surface area contributed by atoms with Crippen LogP contribution in [-0.2, 0) is 16.0 Å². The lowest BCUT2D eigenvalue weighted by Gasteiger charge is -2.31. The molecule has 1 aromatic rings. The average molecular weight is 262 g/mol. The van der Waals surface area contributed by atoms with Crippen molar-refractivity contribution >= 4 is 11.6 Å². The van der Waals surface area contributed by atoms with Crippen molar-refractivity contribution in [2.45, 2.75) is 38.3 Å². The Morgan fingerprint density at radius 2 is 2.21 bits per heavy atom. The summed E-state index contributed by atoms with van der Waals surface area (Å²) in [4.78, 5) is 12.3. The van der Waals surface area contributed by atoms with Crippen molar-refractivity contribution in [2.24, 2.45) is 0 Å². The highest BCUT2D eigenvalue weighted by atomic mass is 16.5. The number of aryl methyl sites for hydroxylation is 1. The van der Waals surface area contributed by atoms with Crippen molar-refractivity contribution < 1.29 is 9.53 Å². The third-order valence-electron chi connectivity index (χ3n) is 3.33. The molecule has 1 atom stereocenters. The lowest BCUT2D eigenvalue weighted by Crippen LogP contribution is -2.52. The summed E-state index contributed by atoms with van der Waals surface area (Å²) >= 11 is 0. The highest BCUT2D eigenvalue weighted by molar-refractivity contribution is 5.86. The molecule has 4 heteroatoms. The molecule has 1 unspecified atom stereocenters. The molecule has 1 aliphatic heterocycles. The van der Waals surface area contributed by atoms with Crippen molar-refractivity contribution in [1.29, 1.82) is 0 Å². The van der Waals surface area contributed by atoms with E-state index in [9.17, 15) is 4.79 Å². The molecule has 1 heterocycles. The van der Waals surface area contributed by atoms with Crippen LogP contribution in [0.4, 0.5) is 5.69 Å². The number of anilines is 1. The van der Waals surface area contributed by atoms with E-state index in [-0.39, 0.29) is 17.5 Å². The van der Waals surface area contributed by atoms with Crippen molar-refractivity contribution in [1.82, 2.24) is 5.32 Å². The smallest absolute Gasteiger partial charge is 0.242 e. The van der Waals surface area contributed by atoms with Gasteiger partial charge in [-0.25, -0.2) is 0 Å². The standard InChI is InChI=1S/C15H22N2O2/c1-15(2,10-19-3)17-14(18)13-9-8-11-6-4-5-7-12(11)16-13/h4-7,13,16H,8-10H2,1-3H3,(H,17,18). The molecular formula is C15H22N2O2. The van der Waals surface area contributed by atoms with Gasteiger partial charge in [-0.3, -0.25) is 4.79 Å². The maximum Gasteiger partial charge on any atom is 0.242 e. The number of ether oxygens (including phenoxy) is 1. The molecule has 1 aliphatic rings. The number of rotatable bonds is 4. The van der Waals surface area contributed by atoms with E-state index in [1.165, 1.54) is 5.56 Å². The first-order valence-electron chi connectivity index (χ1n) is 6.67. The van der Waals surface area contributed by atoms with Crippen LogP contribution in [-0.4, -0.2) is 31.2 Å². The zero-order valence-electron chi connectivity index (χ0n) is 11.8. The van der Waals surface area contributed by atoms with Crippen LogP contribution >= 0.6 is 0 Å². The normalized spacial score (nSPS) is 18.4. The predicted molar refractivity (Wildman–Crippen MR) is 76.3 cm³/mol. The molecule has 1 aromatic carbocycles. The Bertz CT molecular complexity index is 457. The molecule has 4 nitrogen and oxygen atoms in total. The molecule has 2 N–H and O–H groups in total. The number of carbonyl (C=O) groups excluding carboxylic acids is 1. The molecule has 0 aromatic heterocycles. The van der Waals surface area contributed by atoms with Gasteiger partial charge in [-0.15, -0.1) is 0 Å². The van der Waals surface area contributed by atoms with E-state index in [1.54, 1.807) is 7.11 Å². The number of benzene rings is 1. The predicted octanol–water partition coefficient (Wildman–Crippen LogP) is 1.95. The van der Waals surface area contributed by atoms with Gasteiger partial charge in [0.25, 0.3) is 0 Å². The fraction of sp³-hybridized carbons (Fsp3) is 0.533. The van der Waals surface area contributed by atoms with Gasteiger partial charge in [-0.05, 0) is 38.3 Å². The summed E-state index contributed by atoms with van der Waals surface area (Å²) in [7, 11) is 1.64. The monoisotopic (exact) mass is 262 g/mol. The number of para-hydroxylation sites is 1. The summed E-state index contributed by atoms with van der Waals surface area (Å²) in [6.45, 7) is 4.43. The molecule has 0 radical (unpaired) electrons. The van der Waals surface area contributed by atoms with Crippen LogP contribution in [0, 0.1) is 0 Å². The third kappa shape index (κ3) is 3.47. The molecule has 0 saturated carbocycles. The topological polar surface area (TPSA) is 50.4 Å². The van der Waals surface area contributed by atoms with E-state index in [0.717, 1.165) is 18.5 Å². The van der Waals surface area contributed by atoms with Crippen molar-refractivity contribution in [3.63, 3.8) is 0 Å². The molecule has 0 aliphatic carbocycles. The minimum absolute atomic E-state index is 0.0385. The Morgan fingerprint density at radius 1 is 1.47 bits per heavy atom. The second-order valence-electron chi connectivity index (χ2n) is 5.70. The quantitative estimate of drug-likeness (QED) is 0.872. The first-order chi connectivity index (χ1) is 9.02. The summed E-state index contributed by atoms with van der Waals surface area (Å²) < 4.78 is 5.12. The molecule has 0 spiro atoms. The summed E-state index contributed by atoms with van der Waals surface area (Å²) in [6.07, 6.45) is 1.76. The minimum atomic E-state index is -0.343.